The first kappa shape index (κ1) is 48.3. The van der Waals surface area contributed by atoms with Crippen LogP contribution in [-0.2, 0) is 32.7 Å². The summed E-state index contributed by atoms with van der Waals surface area (Å²) in [5.74, 6) is -1.12. The van der Waals surface area contributed by atoms with Crippen LogP contribution >= 0.6 is 7.82 Å². The van der Waals surface area contributed by atoms with Crippen LogP contribution in [0.4, 0.5) is 0 Å². The number of carbonyl (C=O) groups excluding carboxylic acids is 2. The average molecular weight is 765 g/mol. The Balaban J connectivity index is 2.52. The van der Waals surface area contributed by atoms with E-state index in [0.717, 1.165) is 77.0 Å². The lowest BCUT2D eigenvalue weighted by Gasteiger charge is -2.41. The third-order valence-electron chi connectivity index (χ3n) is 9.05. The molecule has 13 nitrogen and oxygen atoms in total. The number of phosphoric acid groups is 1. The maximum atomic E-state index is 12.7. The van der Waals surface area contributed by atoms with Crippen LogP contribution in [-0.4, -0.2) is 98.3 Å². The number of aliphatic hydroxyl groups is 5. The van der Waals surface area contributed by atoms with Gasteiger partial charge in [0.1, 0.15) is 43.2 Å². The standard InChI is InChI=1S/C38H69O13P/c1-3-5-7-9-11-12-13-14-15-16-17-18-19-21-23-25-27-32(40)50-30(28-48-31(39)26-24-22-20-10-8-6-4-2)29-49-52(46,47)51-38-36(44)34(42)33(41)35(43)37(38)45/h12-13,15-16,30,33-38,41-45H,3-11,14,17-29H2,1-2H3,(H,46,47)/b13-12-,16-15-. The fraction of sp³-hybridized carbons (Fsp3) is 0.842. The Morgan fingerprint density at radius 3 is 1.58 bits per heavy atom. The SMILES string of the molecule is CCCCCC/C=C\C/C=C\CCCCCCCC(=O)OC(COC(=O)CCCCCCCCC)COP(=O)(O)OC1C(O)C(O)C(O)C(O)C1O. The van der Waals surface area contributed by atoms with Crippen LogP contribution in [0.15, 0.2) is 24.3 Å². The minimum Gasteiger partial charge on any atom is -0.462 e. The first-order valence-corrected chi connectivity index (χ1v) is 21.1. The van der Waals surface area contributed by atoms with Gasteiger partial charge in [0.2, 0.25) is 0 Å². The van der Waals surface area contributed by atoms with Crippen LogP contribution in [0.2, 0.25) is 0 Å². The molecule has 0 radical (unpaired) electrons. The van der Waals surface area contributed by atoms with Gasteiger partial charge in [0, 0.05) is 12.8 Å². The summed E-state index contributed by atoms with van der Waals surface area (Å²) in [6.07, 6.45) is 15.6. The lowest BCUT2D eigenvalue weighted by Crippen LogP contribution is -2.64. The number of carbonyl (C=O) groups is 2. The van der Waals surface area contributed by atoms with Crippen molar-refractivity contribution in [3.05, 3.63) is 24.3 Å². The third kappa shape index (κ3) is 22.5. The van der Waals surface area contributed by atoms with E-state index in [-0.39, 0.29) is 12.8 Å². The molecule has 0 aromatic rings. The molecule has 1 fully saturated rings. The van der Waals surface area contributed by atoms with Crippen LogP contribution in [0.25, 0.3) is 0 Å². The number of unbranched alkanes of at least 4 members (excludes halogenated alkanes) is 15. The van der Waals surface area contributed by atoms with E-state index in [0.29, 0.717) is 12.8 Å². The molecule has 0 heterocycles. The molecule has 0 saturated heterocycles. The molecule has 1 rings (SSSR count). The molecule has 1 aliphatic carbocycles. The summed E-state index contributed by atoms with van der Waals surface area (Å²) >= 11 is 0. The van der Waals surface area contributed by atoms with Crippen molar-refractivity contribution in [1.29, 1.82) is 0 Å². The largest absolute Gasteiger partial charge is 0.472 e. The molecule has 0 aromatic carbocycles. The molecule has 6 unspecified atom stereocenters. The molecule has 14 heteroatoms. The van der Waals surface area contributed by atoms with Gasteiger partial charge in [-0.3, -0.25) is 18.6 Å². The number of rotatable bonds is 31. The highest BCUT2D eigenvalue weighted by atomic mass is 31.2. The first-order chi connectivity index (χ1) is 24.9. The predicted octanol–water partition coefficient (Wildman–Crippen LogP) is 6.11. The summed E-state index contributed by atoms with van der Waals surface area (Å²) in [5.41, 5.74) is 0. The van der Waals surface area contributed by atoms with Gasteiger partial charge in [-0.2, -0.15) is 0 Å². The van der Waals surface area contributed by atoms with Gasteiger partial charge in [0.15, 0.2) is 6.10 Å². The molecule has 52 heavy (non-hydrogen) atoms. The minimum absolute atomic E-state index is 0.0823. The van der Waals surface area contributed by atoms with Crippen molar-refractivity contribution in [2.45, 2.75) is 191 Å². The number of allylic oxidation sites excluding steroid dienone is 4. The van der Waals surface area contributed by atoms with Crippen LogP contribution < -0.4 is 0 Å². The van der Waals surface area contributed by atoms with Crippen molar-refractivity contribution in [3.63, 3.8) is 0 Å². The second-order valence-electron chi connectivity index (χ2n) is 13.8. The lowest BCUT2D eigenvalue weighted by atomic mass is 9.85. The van der Waals surface area contributed by atoms with E-state index >= 15 is 0 Å². The Hall–Kier alpha value is -1.67. The summed E-state index contributed by atoms with van der Waals surface area (Å²) in [7, 11) is -5.11. The zero-order chi connectivity index (χ0) is 38.6. The van der Waals surface area contributed by atoms with E-state index in [1.54, 1.807) is 0 Å². The monoisotopic (exact) mass is 764 g/mol. The fourth-order valence-corrected chi connectivity index (χ4v) is 6.76. The number of aliphatic hydroxyl groups excluding tert-OH is 5. The van der Waals surface area contributed by atoms with Crippen molar-refractivity contribution in [2.75, 3.05) is 13.2 Å². The van der Waals surface area contributed by atoms with E-state index in [1.807, 2.05) is 0 Å². The molecule has 1 saturated carbocycles. The van der Waals surface area contributed by atoms with E-state index in [1.165, 1.54) is 32.1 Å². The summed E-state index contributed by atoms with van der Waals surface area (Å²) in [6, 6.07) is 0. The number of hydrogen-bond donors (Lipinski definition) is 6. The molecule has 0 bridgehead atoms. The van der Waals surface area contributed by atoms with Crippen LogP contribution in [0.1, 0.15) is 149 Å². The third-order valence-corrected chi connectivity index (χ3v) is 10.0. The van der Waals surface area contributed by atoms with Gasteiger partial charge in [-0.25, -0.2) is 4.57 Å². The minimum atomic E-state index is -5.11. The topological polar surface area (TPSA) is 210 Å². The quantitative estimate of drug-likeness (QED) is 0.0204. The number of hydrogen-bond acceptors (Lipinski definition) is 12. The Bertz CT molecular complexity index is 1020. The van der Waals surface area contributed by atoms with Gasteiger partial charge in [0.05, 0.1) is 6.61 Å². The normalized spacial score (nSPS) is 23.9. The molecule has 304 valence electrons. The van der Waals surface area contributed by atoms with Gasteiger partial charge in [0.25, 0.3) is 0 Å². The zero-order valence-corrected chi connectivity index (χ0v) is 32.5. The molecule has 1 aliphatic rings. The zero-order valence-electron chi connectivity index (χ0n) is 31.6. The highest BCUT2D eigenvalue weighted by Crippen LogP contribution is 2.47. The molecule has 0 aliphatic heterocycles. The van der Waals surface area contributed by atoms with Crippen LogP contribution in [0.5, 0.6) is 0 Å². The second-order valence-corrected chi connectivity index (χ2v) is 15.2. The van der Waals surface area contributed by atoms with Crippen molar-refractivity contribution in [3.8, 4) is 0 Å². The van der Waals surface area contributed by atoms with Gasteiger partial charge in [-0.1, -0.05) is 115 Å². The summed E-state index contributed by atoms with van der Waals surface area (Å²) < 4.78 is 33.2. The average Bonchev–Trinajstić information content (AvgIpc) is 3.12. The van der Waals surface area contributed by atoms with Gasteiger partial charge in [-0.15, -0.1) is 0 Å². The Labute approximate surface area is 311 Å². The van der Waals surface area contributed by atoms with Crippen molar-refractivity contribution in [2.24, 2.45) is 0 Å². The van der Waals surface area contributed by atoms with Crippen LogP contribution in [0, 0.1) is 0 Å². The second kappa shape index (κ2) is 29.7. The Morgan fingerprint density at radius 1 is 0.596 bits per heavy atom. The molecule has 0 aromatic heterocycles. The smallest absolute Gasteiger partial charge is 0.462 e. The summed E-state index contributed by atoms with van der Waals surface area (Å²) in [6.45, 7) is 3.18. The number of phosphoric ester groups is 1. The highest BCUT2D eigenvalue weighted by molar-refractivity contribution is 7.47. The van der Waals surface area contributed by atoms with Crippen molar-refractivity contribution >= 4 is 19.8 Å². The van der Waals surface area contributed by atoms with Gasteiger partial charge >= 0.3 is 19.8 Å². The lowest BCUT2D eigenvalue weighted by molar-refractivity contribution is -0.220. The summed E-state index contributed by atoms with van der Waals surface area (Å²) in [5, 5.41) is 49.8. The Morgan fingerprint density at radius 2 is 1.04 bits per heavy atom. The predicted molar refractivity (Wildman–Crippen MR) is 198 cm³/mol. The maximum absolute atomic E-state index is 12.7. The van der Waals surface area contributed by atoms with Crippen LogP contribution in [0.3, 0.4) is 0 Å². The molecule has 6 atom stereocenters. The van der Waals surface area contributed by atoms with E-state index in [9.17, 15) is 44.6 Å². The maximum Gasteiger partial charge on any atom is 0.472 e. The molecule has 0 amide bonds. The highest BCUT2D eigenvalue weighted by Gasteiger charge is 2.51. The fourth-order valence-electron chi connectivity index (χ4n) is 5.79. The number of esters is 2. The Kier molecular flexibility index (Phi) is 27.6. The van der Waals surface area contributed by atoms with Gasteiger partial charge in [-0.05, 0) is 44.9 Å². The van der Waals surface area contributed by atoms with E-state index < -0.39 is 75.7 Å². The van der Waals surface area contributed by atoms with Crippen molar-refractivity contribution in [1.82, 2.24) is 0 Å². The molecular weight excluding hydrogens is 695 g/mol. The van der Waals surface area contributed by atoms with Crippen molar-refractivity contribution < 1.29 is 63.1 Å². The summed E-state index contributed by atoms with van der Waals surface area (Å²) in [4.78, 5) is 35.3. The first-order valence-electron chi connectivity index (χ1n) is 19.6. The molecule has 0 spiro atoms. The van der Waals surface area contributed by atoms with E-state index in [2.05, 4.69) is 38.2 Å². The molecular formula is C38H69O13P. The molecule has 6 N–H and O–H groups in total. The van der Waals surface area contributed by atoms with Gasteiger partial charge < -0.3 is 39.9 Å². The number of ether oxygens (including phenoxy) is 2. The van der Waals surface area contributed by atoms with E-state index in [4.69, 9.17) is 18.5 Å².